The van der Waals surface area contributed by atoms with Crippen LogP contribution in [0.25, 0.3) is 0 Å². The smallest absolute Gasteiger partial charge is 0.206 e. The molecule has 0 aromatic heterocycles. The lowest BCUT2D eigenvalue weighted by Crippen LogP contribution is -2.44. The van der Waals surface area contributed by atoms with E-state index in [1.165, 1.54) is 5.56 Å². The molecular formula is C12H20N4. The zero-order valence-electron chi connectivity index (χ0n) is 10.1. The van der Waals surface area contributed by atoms with Crippen molar-refractivity contribution in [1.29, 1.82) is 0 Å². The van der Waals surface area contributed by atoms with Crippen molar-refractivity contribution in [3.8, 4) is 0 Å². The molecule has 4 heteroatoms. The number of benzene rings is 1. The Morgan fingerprint density at radius 2 is 1.81 bits per heavy atom. The maximum atomic E-state index is 5.40. The Kier molecular flexibility index (Phi) is 4.79. The summed E-state index contributed by atoms with van der Waals surface area (Å²) in [5.74, 6) is 6.02. The molecule has 0 radical (unpaired) electrons. The van der Waals surface area contributed by atoms with Crippen LogP contribution >= 0.6 is 0 Å². The summed E-state index contributed by atoms with van der Waals surface area (Å²) in [5.41, 5.74) is 3.74. The average molecular weight is 220 g/mol. The van der Waals surface area contributed by atoms with Gasteiger partial charge in [-0.25, -0.2) is 10.8 Å². The zero-order chi connectivity index (χ0) is 12.0. The van der Waals surface area contributed by atoms with Gasteiger partial charge in [0.1, 0.15) is 0 Å². The van der Waals surface area contributed by atoms with Gasteiger partial charge in [0, 0.05) is 6.04 Å². The summed E-state index contributed by atoms with van der Waals surface area (Å²) in [7, 11) is 0. The molecule has 0 fully saturated rings. The van der Waals surface area contributed by atoms with Crippen molar-refractivity contribution >= 4 is 5.96 Å². The molecule has 0 aliphatic heterocycles. The molecule has 0 bridgehead atoms. The predicted molar refractivity (Wildman–Crippen MR) is 67.9 cm³/mol. The lowest BCUT2D eigenvalue weighted by atomic mass is 10.1. The summed E-state index contributed by atoms with van der Waals surface area (Å²) in [6.45, 7) is 6.12. The second kappa shape index (κ2) is 6.12. The van der Waals surface area contributed by atoms with E-state index in [4.69, 9.17) is 5.84 Å². The van der Waals surface area contributed by atoms with Gasteiger partial charge in [-0.1, -0.05) is 30.3 Å². The van der Waals surface area contributed by atoms with E-state index >= 15 is 0 Å². The normalized spacial score (nSPS) is 13.7. The zero-order valence-corrected chi connectivity index (χ0v) is 10.1. The van der Waals surface area contributed by atoms with Gasteiger partial charge in [-0.05, 0) is 26.3 Å². The van der Waals surface area contributed by atoms with Crippen LogP contribution in [-0.4, -0.2) is 12.0 Å². The topological polar surface area (TPSA) is 62.4 Å². The number of nitrogens with one attached hydrogen (secondary N) is 2. The molecule has 0 aliphatic carbocycles. The van der Waals surface area contributed by atoms with Gasteiger partial charge in [0.05, 0.1) is 6.04 Å². The largest absolute Gasteiger partial charge is 0.353 e. The van der Waals surface area contributed by atoms with Crippen LogP contribution in [-0.2, 0) is 0 Å². The van der Waals surface area contributed by atoms with Crippen LogP contribution in [0.3, 0.4) is 0 Å². The van der Waals surface area contributed by atoms with Gasteiger partial charge in [-0.2, -0.15) is 0 Å². The molecule has 1 unspecified atom stereocenters. The summed E-state index contributed by atoms with van der Waals surface area (Å²) < 4.78 is 0. The van der Waals surface area contributed by atoms with E-state index in [-0.39, 0.29) is 6.04 Å². The highest BCUT2D eigenvalue weighted by Crippen LogP contribution is 2.15. The third-order valence-corrected chi connectivity index (χ3v) is 2.17. The van der Waals surface area contributed by atoms with Crippen molar-refractivity contribution in [1.82, 2.24) is 10.7 Å². The quantitative estimate of drug-likeness (QED) is 0.313. The Labute approximate surface area is 96.9 Å². The average Bonchev–Trinajstić information content (AvgIpc) is 2.28. The minimum absolute atomic E-state index is 0.0819. The molecule has 4 nitrogen and oxygen atoms in total. The maximum absolute atomic E-state index is 5.40. The molecule has 16 heavy (non-hydrogen) atoms. The number of nitrogens with two attached hydrogens (primary N) is 1. The van der Waals surface area contributed by atoms with Crippen molar-refractivity contribution in [2.24, 2.45) is 10.8 Å². The molecule has 88 valence electrons. The van der Waals surface area contributed by atoms with Crippen molar-refractivity contribution in [2.45, 2.75) is 32.9 Å². The van der Waals surface area contributed by atoms with Crippen LogP contribution in [0.1, 0.15) is 32.4 Å². The van der Waals surface area contributed by atoms with E-state index in [1.807, 2.05) is 39.0 Å². The standard InChI is InChI=1S/C12H20N4/c1-9(2)14-12(16-13)15-10(3)11-7-5-4-6-8-11/h4-10H,13H2,1-3H3,(H2,14,15,16). The summed E-state index contributed by atoms with van der Waals surface area (Å²) in [6, 6.07) is 10.5. The molecule has 0 saturated heterocycles. The monoisotopic (exact) mass is 220 g/mol. The van der Waals surface area contributed by atoms with E-state index < -0.39 is 0 Å². The van der Waals surface area contributed by atoms with E-state index in [9.17, 15) is 0 Å². The van der Waals surface area contributed by atoms with Crippen LogP contribution in [0.2, 0.25) is 0 Å². The molecule has 0 aliphatic rings. The number of nitrogens with zero attached hydrogens (tertiary/aromatic N) is 1. The van der Waals surface area contributed by atoms with Crippen LogP contribution in [0.5, 0.6) is 0 Å². The van der Waals surface area contributed by atoms with Crippen molar-refractivity contribution in [2.75, 3.05) is 0 Å². The molecule has 1 rings (SSSR count). The summed E-state index contributed by atoms with van der Waals surface area (Å²) in [6.07, 6.45) is 0. The van der Waals surface area contributed by atoms with Gasteiger partial charge >= 0.3 is 0 Å². The Hall–Kier alpha value is -1.55. The first-order valence-electron chi connectivity index (χ1n) is 5.49. The third-order valence-electron chi connectivity index (χ3n) is 2.17. The number of guanidine groups is 1. The highest BCUT2D eigenvalue weighted by molar-refractivity contribution is 5.79. The van der Waals surface area contributed by atoms with Crippen molar-refractivity contribution in [3.05, 3.63) is 35.9 Å². The molecular weight excluding hydrogens is 200 g/mol. The van der Waals surface area contributed by atoms with E-state index in [0.29, 0.717) is 12.0 Å². The highest BCUT2D eigenvalue weighted by Gasteiger charge is 2.05. The van der Waals surface area contributed by atoms with Crippen molar-refractivity contribution < 1.29 is 0 Å². The minimum Gasteiger partial charge on any atom is -0.353 e. The Morgan fingerprint density at radius 1 is 1.19 bits per heavy atom. The minimum atomic E-state index is 0.0819. The molecule has 0 heterocycles. The fourth-order valence-corrected chi connectivity index (χ4v) is 1.39. The Morgan fingerprint density at radius 3 is 2.31 bits per heavy atom. The molecule has 0 amide bonds. The third kappa shape index (κ3) is 3.90. The number of aliphatic imine (C=N–C) groups is 1. The first-order valence-corrected chi connectivity index (χ1v) is 5.49. The van der Waals surface area contributed by atoms with E-state index in [2.05, 4.69) is 27.9 Å². The Balaban J connectivity index is 2.73. The second-order valence-electron chi connectivity index (χ2n) is 4.01. The lowest BCUT2D eigenvalue weighted by molar-refractivity contribution is 0.688. The number of rotatable bonds is 3. The second-order valence-corrected chi connectivity index (χ2v) is 4.01. The molecule has 1 atom stereocenters. The van der Waals surface area contributed by atoms with Gasteiger partial charge in [0.2, 0.25) is 5.96 Å². The van der Waals surface area contributed by atoms with Gasteiger partial charge in [-0.15, -0.1) is 0 Å². The van der Waals surface area contributed by atoms with Gasteiger partial charge in [0.15, 0.2) is 0 Å². The predicted octanol–water partition coefficient (Wildman–Crippen LogP) is 1.56. The summed E-state index contributed by atoms with van der Waals surface area (Å²) in [5, 5.41) is 3.14. The SMILES string of the molecule is CC(C)NC(=NC(C)c1ccccc1)NN. The van der Waals surface area contributed by atoms with Gasteiger partial charge in [0.25, 0.3) is 0 Å². The van der Waals surface area contributed by atoms with E-state index in [1.54, 1.807) is 0 Å². The summed E-state index contributed by atoms with van der Waals surface area (Å²) in [4.78, 5) is 4.47. The number of hydrogen-bond acceptors (Lipinski definition) is 2. The molecule has 1 aromatic carbocycles. The van der Waals surface area contributed by atoms with Crippen LogP contribution < -0.4 is 16.6 Å². The van der Waals surface area contributed by atoms with Gasteiger partial charge < -0.3 is 5.32 Å². The highest BCUT2D eigenvalue weighted by atomic mass is 15.3. The van der Waals surface area contributed by atoms with Crippen LogP contribution in [0.15, 0.2) is 35.3 Å². The van der Waals surface area contributed by atoms with Crippen LogP contribution in [0, 0.1) is 0 Å². The fraction of sp³-hybridized carbons (Fsp3) is 0.417. The molecule has 1 aromatic rings. The molecule has 0 saturated carbocycles. The maximum Gasteiger partial charge on any atom is 0.206 e. The molecule has 4 N–H and O–H groups in total. The van der Waals surface area contributed by atoms with Gasteiger partial charge in [-0.3, -0.25) is 5.43 Å². The first-order chi connectivity index (χ1) is 7.63. The van der Waals surface area contributed by atoms with E-state index in [0.717, 1.165) is 0 Å². The number of hydrogen-bond donors (Lipinski definition) is 3. The first kappa shape index (κ1) is 12.5. The van der Waals surface area contributed by atoms with Crippen LogP contribution in [0.4, 0.5) is 0 Å². The number of hydrazine groups is 1. The summed E-state index contributed by atoms with van der Waals surface area (Å²) >= 11 is 0. The Bertz CT molecular complexity index is 332. The molecule has 0 spiro atoms. The van der Waals surface area contributed by atoms with Crippen molar-refractivity contribution in [3.63, 3.8) is 0 Å². The fourth-order valence-electron chi connectivity index (χ4n) is 1.39. The lowest BCUT2D eigenvalue weighted by Gasteiger charge is -2.14.